The molecule has 1 aromatic rings. The fraction of sp³-hybridized carbons (Fsp3) is 0.500. The van der Waals surface area contributed by atoms with E-state index >= 15 is 0 Å². The Morgan fingerprint density at radius 2 is 1.93 bits per heavy atom. The Morgan fingerprint density at radius 1 is 1.21 bits per heavy atom. The molecular weight excluding hydrogens is 172 g/mol. The van der Waals surface area contributed by atoms with Crippen molar-refractivity contribution in [3.63, 3.8) is 0 Å². The summed E-state index contributed by atoms with van der Waals surface area (Å²) in [5.41, 5.74) is 7.83. The van der Waals surface area contributed by atoms with Crippen LogP contribution in [0.1, 0.15) is 24.8 Å². The van der Waals surface area contributed by atoms with Crippen LogP contribution < -0.4 is 11.1 Å². The third-order valence-corrected chi connectivity index (χ3v) is 2.93. The van der Waals surface area contributed by atoms with Crippen molar-refractivity contribution in [3.05, 3.63) is 29.8 Å². The summed E-state index contributed by atoms with van der Waals surface area (Å²) in [5.74, 6) is 0. The molecule has 76 valence electrons. The highest BCUT2D eigenvalue weighted by Crippen LogP contribution is 2.17. The third-order valence-electron chi connectivity index (χ3n) is 2.93. The van der Waals surface area contributed by atoms with Gasteiger partial charge >= 0.3 is 0 Å². The molecule has 0 unspecified atom stereocenters. The zero-order valence-corrected chi connectivity index (χ0v) is 8.50. The van der Waals surface area contributed by atoms with Gasteiger partial charge in [0, 0.05) is 11.7 Å². The molecule has 1 aliphatic carbocycles. The Bertz CT molecular complexity index is 275. The topological polar surface area (TPSA) is 38.0 Å². The number of nitrogens with one attached hydrogen (secondary N) is 1. The summed E-state index contributed by atoms with van der Waals surface area (Å²) < 4.78 is 0. The van der Waals surface area contributed by atoms with E-state index < -0.39 is 0 Å². The molecule has 0 heterocycles. The Balaban J connectivity index is 1.71. The molecule has 0 atom stereocenters. The molecule has 1 aliphatic rings. The van der Waals surface area contributed by atoms with E-state index in [1.165, 1.54) is 24.8 Å². The number of nitrogens with two attached hydrogens (primary N) is 1. The van der Waals surface area contributed by atoms with Gasteiger partial charge in [-0.2, -0.15) is 0 Å². The molecule has 0 saturated heterocycles. The van der Waals surface area contributed by atoms with Crippen molar-refractivity contribution in [1.29, 1.82) is 0 Å². The molecule has 2 nitrogen and oxygen atoms in total. The minimum atomic E-state index is 0.795. The first kappa shape index (κ1) is 9.53. The van der Waals surface area contributed by atoms with E-state index in [1.807, 2.05) is 12.1 Å². The van der Waals surface area contributed by atoms with Crippen LogP contribution in [-0.4, -0.2) is 12.6 Å². The predicted molar refractivity (Wildman–Crippen MR) is 60.2 cm³/mol. The van der Waals surface area contributed by atoms with Crippen molar-refractivity contribution in [2.24, 2.45) is 0 Å². The van der Waals surface area contributed by atoms with Crippen LogP contribution in [0.25, 0.3) is 0 Å². The van der Waals surface area contributed by atoms with Crippen LogP contribution in [0.5, 0.6) is 0 Å². The van der Waals surface area contributed by atoms with Crippen molar-refractivity contribution in [1.82, 2.24) is 5.32 Å². The molecule has 0 amide bonds. The number of anilines is 1. The van der Waals surface area contributed by atoms with Crippen LogP contribution in [0.4, 0.5) is 5.69 Å². The average Bonchev–Trinajstić information content (AvgIpc) is 2.12. The lowest BCUT2D eigenvalue weighted by molar-refractivity contribution is 0.342. The maximum absolute atomic E-state index is 5.62. The number of hydrogen-bond donors (Lipinski definition) is 2. The van der Waals surface area contributed by atoms with E-state index in [0.29, 0.717) is 0 Å². The fourth-order valence-electron chi connectivity index (χ4n) is 1.72. The number of hydrogen-bond acceptors (Lipinski definition) is 2. The lowest BCUT2D eigenvalue weighted by Crippen LogP contribution is -2.36. The van der Waals surface area contributed by atoms with E-state index in [0.717, 1.165) is 24.7 Å². The Hall–Kier alpha value is -1.02. The van der Waals surface area contributed by atoms with Crippen molar-refractivity contribution < 1.29 is 0 Å². The van der Waals surface area contributed by atoms with Gasteiger partial charge in [-0.1, -0.05) is 18.6 Å². The van der Waals surface area contributed by atoms with Gasteiger partial charge in [0.15, 0.2) is 0 Å². The van der Waals surface area contributed by atoms with Gasteiger partial charge in [-0.25, -0.2) is 0 Å². The maximum Gasteiger partial charge on any atom is 0.0314 e. The van der Waals surface area contributed by atoms with Gasteiger partial charge in [0.2, 0.25) is 0 Å². The summed E-state index contributed by atoms with van der Waals surface area (Å²) >= 11 is 0. The average molecular weight is 190 g/mol. The van der Waals surface area contributed by atoms with Gasteiger partial charge in [0.05, 0.1) is 0 Å². The van der Waals surface area contributed by atoms with E-state index in [-0.39, 0.29) is 0 Å². The van der Waals surface area contributed by atoms with Crippen LogP contribution in [-0.2, 0) is 6.42 Å². The minimum absolute atomic E-state index is 0.795. The first-order chi connectivity index (χ1) is 6.84. The van der Waals surface area contributed by atoms with Crippen LogP contribution in [0, 0.1) is 0 Å². The third kappa shape index (κ3) is 2.48. The summed E-state index contributed by atoms with van der Waals surface area (Å²) in [6.45, 7) is 1.09. The molecule has 0 spiro atoms. The molecule has 0 aromatic heterocycles. The van der Waals surface area contributed by atoms with Gasteiger partial charge in [-0.05, 0) is 43.5 Å². The summed E-state index contributed by atoms with van der Waals surface area (Å²) in [5, 5.41) is 3.55. The van der Waals surface area contributed by atoms with E-state index in [4.69, 9.17) is 5.73 Å². The second-order valence-electron chi connectivity index (χ2n) is 4.07. The number of benzene rings is 1. The second kappa shape index (κ2) is 4.47. The largest absolute Gasteiger partial charge is 0.399 e. The predicted octanol–water partition coefficient (Wildman–Crippen LogP) is 1.95. The van der Waals surface area contributed by atoms with E-state index in [9.17, 15) is 0 Å². The van der Waals surface area contributed by atoms with Gasteiger partial charge in [-0.3, -0.25) is 0 Å². The Labute approximate surface area is 85.5 Å². The summed E-state index contributed by atoms with van der Waals surface area (Å²) in [6.07, 6.45) is 5.24. The normalized spacial score (nSPS) is 16.6. The molecule has 1 saturated carbocycles. The first-order valence-electron chi connectivity index (χ1n) is 5.42. The summed E-state index contributed by atoms with van der Waals surface area (Å²) in [6, 6.07) is 8.95. The molecule has 2 heteroatoms. The summed E-state index contributed by atoms with van der Waals surface area (Å²) in [4.78, 5) is 0. The van der Waals surface area contributed by atoms with Gasteiger partial charge in [0.1, 0.15) is 0 Å². The zero-order valence-electron chi connectivity index (χ0n) is 8.50. The summed E-state index contributed by atoms with van der Waals surface area (Å²) in [7, 11) is 0. The fourth-order valence-corrected chi connectivity index (χ4v) is 1.72. The second-order valence-corrected chi connectivity index (χ2v) is 4.07. The highest BCUT2D eigenvalue weighted by Gasteiger charge is 2.15. The van der Waals surface area contributed by atoms with E-state index in [1.54, 1.807) is 0 Å². The van der Waals surface area contributed by atoms with Crippen LogP contribution in [0.3, 0.4) is 0 Å². The van der Waals surface area contributed by atoms with Crippen molar-refractivity contribution in [2.45, 2.75) is 31.7 Å². The monoisotopic (exact) mass is 190 g/mol. The van der Waals surface area contributed by atoms with Crippen molar-refractivity contribution in [2.75, 3.05) is 12.3 Å². The van der Waals surface area contributed by atoms with Crippen LogP contribution >= 0.6 is 0 Å². The Kier molecular flexibility index (Phi) is 3.04. The molecule has 1 fully saturated rings. The smallest absolute Gasteiger partial charge is 0.0314 e. The maximum atomic E-state index is 5.62. The molecule has 2 rings (SSSR count). The minimum Gasteiger partial charge on any atom is -0.399 e. The van der Waals surface area contributed by atoms with Crippen molar-refractivity contribution in [3.8, 4) is 0 Å². The number of rotatable bonds is 4. The highest BCUT2D eigenvalue weighted by molar-refractivity contribution is 5.39. The first-order valence-corrected chi connectivity index (χ1v) is 5.42. The van der Waals surface area contributed by atoms with Gasteiger partial charge in [0.25, 0.3) is 0 Å². The van der Waals surface area contributed by atoms with Crippen LogP contribution in [0.2, 0.25) is 0 Å². The highest BCUT2D eigenvalue weighted by atomic mass is 14.9. The SMILES string of the molecule is Nc1ccc(CCNC2CCC2)cc1. The quantitative estimate of drug-likeness (QED) is 0.712. The molecule has 0 bridgehead atoms. The zero-order chi connectivity index (χ0) is 9.80. The van der Waals surface area contributed by atoms with Gasteiger partial charge in [-0.15, -0.1) is 0 Å². The lowest BCUT2D eigenvalue weighted by atomic mass is 9.93. The molecular formula is C12H18N2. The molecule has 0 radical (unpaired) electrons. The van der Waals surface area contributed by atoms with Gasteiger partial charge < -0.3 is 11.1 Å². The Morgan fingerprint density at radius 3 is 2.50 bits per heavy atom. The van der Waals surface area contributed by atoms with E-state index in [2.05, 4.69) is 17.4 Å². The molecule has 1 aromatic carbocycles. The molecule has 14 heavy (non-hydrogen) atoms. The number of nitrogen functional groups attached to an aromatic ring is 1. The standard InChI is InChI=1S/C12H18N2/c13-11-6-4-10(5-7-11)8-9-14-12-2-1-3-12/h4-7,12,14H,1-3,8-9,13H2. The molecule has 3 N–H and O–H groups in total. The van der Waals surface area contributed by atoms with Crippen LogP contribution in [0.15, 0.2) is 24.3 Å². The van der Waals surface area contributed by atoms with Crippen molar-refractivity contribution >= 4 is 5.69 Å². The molecule has 0 aliphatic heterocycles. The lowest BCUT2D eigenvalue weighted by Gasteiger charge is -2.26.